The molecular weight excluding hydrogens is 252 g/mol. The molecule has 2 rings (SSSR count). The quantitative estimate of drug-likeness (QED) is 0.787. The Kier molecular flexibility index (Phi) is 4.90. The topological polar surface area (TPSA) is 59.0 Å². The Balaban J connectivity index is 1.83. The van der Waals surface area contributed by atoms with E-state index in [4.69, 9.17) is 0 Å². The molecule has 0 fully saturated rings. The molecule has 0 saturated heterocycles. The Labute approximate surface area is 119 Å². The number of hydrogen-bond acceptors (Lipinski definition) is 3. The van der Waals surface area contributed by atoms with Gasteiger partial charge >= 0.3 is 0 Å². The lowest BCUT2D eigenvalue weighted by Crippen LogP contribution is -2.18. The lowest BCUT2D eigenvalue weighted by molar-refractivity contribution is -0.114. The monoisotopic (exact) mass is 272 g/mol. The van der Waals surface area contributed by atoms with Gasteiger partial charge in [0.05, 0.1) is 5.69 Å². The predicted octanol–water partition coefficient (Wildman–Crippen LogP) is 1.71. The third-order valence-electron chi connectivity index (χ3n) is 2.97. The van der Waals surface area contributed by atoms with Crippen LogP contribution in [-0.4, -0.2) is 22.2 Å². The number of para-hydroxylation sites is 1. The van der Waals surface area contributed by atoms with E-state index in [0.717, 1.165) is 36.5 Å². The summed E-state index contributed by atoms with van der Waals surface area (Å²) >= 11 is 0. The average Bonchev–Trinajstić information content (AvgIpc) is 2.81. The van der Waals surface area contributed by atoms with Crippen LogP contribution in [0.1, 0.15) is 18.2 Å². The van der Waals surface area contributed by atoms with Gasteiger partial charge in [-0.3, -0.25) is 9.48 Å². The van der Waals surface area contributed by atoms with E-state index in [1.807, 2.05) is 43.6 Å². The summed E-state index contributed by atoms with van der Waals surface area (Å²) < 4.78 is 1.81. The number of rotatable bonds is 6. The number of aromatic nitrogens is 2. The molecule has 2 N–H and O–H groups in total. The molecule has 0 spiro atoms. The van der Waals surface area contributed by atoms with E-state index in [9.17, 15) is 4.79 Å². The fourth-order valence-corrected chi connectivity index (χ4v) is 2.02. The highest BCUT2D eigenvalue weighted by Gasteiger charge is 2.03. The maximum Gasteiger partial charge on any atom is 0.221 e. The summed E-state index contributed by atoms with van der Waals surface area (Å²) in [7, 11) is 1.92. The van der Waals surface area contributed by atoms with E-state index in [-0.39, 0.29) is 5.91 Å². The van der Waals surface area contributed by atoms with Crippen LogP contribution >= 0.6 is 0 Å². The third-order valence-corrected chi connectivity index (χ3v) is 2.97. The molecule has 0 aliphatic heterocycles. The Morgan fingerprint density at radius 3 is 2.80 bits per heavy atom. The van der Waals surface area contributed by atoms with Gasteiger partial charge in [0.2, 0.25) is 5.91 Å². The van der Waals surface area contributed by atoms with Crippen molar-refractivity contribution in [1.82, 2.24) is 15.1 Å². The zero-order valence-electron chi connectivity index (χ0n) is 11.9. The van der Waals surface area contributed by atoms with Gasteiger partial charge in [0.15, 0.2) is 0 Å². The first kappa shape index (κ1) is 14.3. The average molecular weight is 272 g/mol. The van der Waals surface area contributed by atoms with Gasteiger partial charge in [0.25, 0.3) is 0 Å². The molecule has 2 aromatic rings. The number of carbonyl (C=O) groups is 1. The standard InChI is InChI=1S/C15H20N4O/c1-12(20)17-15-6-4-3-5-13(15)11-16-9-7-14-8-10-19(2)18-14/h3-6,8,10,16H,7,9,11H2,1-2H3,(H,17,20). The van der Waals surface area contributed by atoms with Crippen LogP contribution in [0.5, 0.6) is 0 Å². The molecule has 5 heteroatoms. The van der Waals surface area contributed by atoms with Crippen LogP contribution in [-0.2, 0) is 24.8 Å². The normalized spacial score (nSPS) is 10.5. The highest BCUT2D eigenvalue weighted by Crippen LogP contribution is 2.14. The molecule has 0 radical (unpaired) electrons. The van der Waals surface area contributed by atoms with Crippen LogP contribution in [0.25, 0.3) is 0 Å². The van der Waals surface area contributed by atoms with Gasteiger partial charge in [-0.15, -0.1) is 0 Å². The first-order valence-electron chi connectivity index (χ1n) is 6.70. The van der Waals surface area contributed by atoms with Crippen molar-refractivity contribution in [3.8, 4) is 0 Å². The van der Waals surface area contributed by atoms with Crippen molar-refractivity contribution in [3.63, 3.8) is 0 Å². The van der Waals surface area contributed by atoms with Gasteiger partial charge in [0, 0.05) is 45.4 Å². The number of nitrogens with one attached hydrogen (secondary N) is 2. The molecule has 0 aliphatic carbocycles. The van der Waals surface area contributed by atoms with Crippen molar-refractivity contribution in [3.05, 3.63) is 47.8 Å². The number of hydrogen-bond donors (Lipinski definition) is 2. The molecule has 0 atom stereocenters. The Bertz CT molecular complexity index is 577. The van der Waals surface area contributed by atoms with E-state index >= 15 is 0 Å². The molecule has 1 aromatic heterocycles. The summed E-state index contributed by atoms with van der Waals surface area (Å²) in [6, 6.07) is 9.84. The van der Waals surface area contributed by atoms with Crippen molar-refractivity contribution >= 4 is 11.6 Å². The fraction of sp³-hybridized carbons (Fsp3) is 0.333. The van der Waals surface area contributed by atoms with Gasteiger partial charge in [0.1, 0.15) is 0 Å². The summed E-state index contributed by atoms with van der Waals surface area (Å²) in [5.74, 6) is -0.0501. The lowest BCUT2D eigenvalue weighted by Gasteiger charge is -2.10. The minimum absolute atomic E-state index is 0.0501. The highest BCUT2D eigenvalue weighted by molar-refractivity contribution is 5.89. The highest BCUT2D eigenvalue weighted by atomic mass is 16.1. The second-order valence-electron chi connectivity index (χ2n) is 4.75. The number of anilines is 1. The van der Waals surface area contributed by atoms with Crippen LogP contribution in [0.3, 0.4) is 0 Å². The van der Waals surface area contributed by atoms with E-state index in [1.165, 1.54) is 6.92 Å². The van der Waals surface area contributed by atoms with E-state index in [2.05, 4.69) is 15.7 Å². The number of aryl methyl sites for hydroxylation is 1. The van der Waals surface area contributed by atoms with Crippen LogP contribution in [0.4, 0.5) is 5.69 Å². The van der Waals surface area contributed by atoms with Crippen LogP contribution in [0, 0.1) is 0 Å². The summed E-state index contributed by atoms with van der Waals surface area (Å²) in [5, 5.41) is 10.5. The Hall–Kier alpha value is -2.14. The second-order valence-corrected chi connectivity index (χ2v) is 4.75. The summed E-state index contributed by atoms with van der Waals surface area (Å²) in [5.41, 5.74) is 3.03. The number of nitrogens with zero attached hydrogens (tertiary/aromatic N) is 2. The Morgan fingerprint density at radius 2 is 2.10 bits per heavy atom. The molecular formula is C15H20N4O. The minimum Gasteiger partial charge on any atom is -0.326 e. The largest absolute Gasteiger partial charge is 0.326 e. The minimum atomic E-state index is -0.0501. The van der Waals surface area contributed by atoms with Gasteiger partial charge in [-0.1, -0.05) is 18.2 Å². The smallest absolute Gasteiger partial charge is 0.221 e. The molecule has 0 saturated carbocycles. The van der Waals surface area contributed by atoms with Crippen molar-refractivity contribution in [2.45, 2.75) is 19.9 Å². The van der Waals surface area contributed by atoms with Crippen molar-refractivity contribution in [2.24, 2.45) is 7.05 Å². The van der Waals surface area contributed by atoms with Crippen molar-refractivity contribution < 1.29 is 4.79 Å². The third kappa shape index (κ3) is 4.20. The molecule has 5 nitrogen and oxygen atoms in total. The van der Waals surface area contributed by atoms with Crippen molar-refractivity contribution in [1.29, 1.82) is 0 Å². The van der Waals surface area contributed by atoms with E-state index in [0.29, 0.717) is 0 Å². The first-order chi connectivity index (χ1) is 9.65. The maximum atomic E-state index is 11.1. The Morgan fingerprint density at radius 1 is 1.30 bits per heavy atom. The zero-order valence-corrected chi connectivity index (χ0v) is 11.9. The van der Waals surface area contributed by atoms with E-state index < -0.39 is 0 Å². The SMILES string of the molecule is CC(=O)Nc1ccccc1CNCCc1ccn(C)n1. The molecule has 1 aromatic carbocycles. The molecule has 0 bridgehead atoms. The van der Waals surface area contributed by atoms with Gasteiger partial charge in [-0.05, 0) is 17.7 Å². The summed E-state index contributed by atoms with van der Waals surface area (Å²) in [4.78, 5) is 11.1. The molecule has 106 valence electrons. The van der Waals surface area contributed by atoms with Crippen LogP contribution in [0.2, 0.25) is 0 Å². The van der Waals surface area contributed by atoms with Crippen LogP contribution in [0.15, 0.2) is 36.5 Å². The molecule has 0 unspecified atom stereocenters. The zero-order chi connectivity index (χ0) is 14.4. The fourth-order valence-electron chi connectivity index (χ4n) is 2.02. The summed E-state index contributed by atoms with van der Waals surface area (Å²) in [6.07, 6.45) is 2.84. The second kappa shape index (κ2) is 6.86. The summed E-state index contributed by atoms with van der Waals surface area (Å²) in [6.45, 7) is 3.10. The molecule has 1 amide bonds. The van der Waals surface area contributed by atoms with Gasteiger partial charge in [-0.25, -0.2) is 0 Å². The lowest BCUT2D eigenvalue weighted by atomic mass is 10.1. The molecule has 20 heavy (non-hydrogen) atoms. The number of amides is 1. The van der Waals surface area contributed by atoms with Gasteiger partial charge < -0.3 is 10.6 Å². The van der Waals surface area contributed by atoms with Crippen molar-refractivity contribution in [2.75, 3.05) is 11.9 Å². The molecule has 0 aliphatic rings. The predicted molar refractivity (Wildman–Crippen MR) is 79.4 cm³/mol. The molecule has 1 heterocycles. The van der Waals surface area contributed by atoms with Gasteiger partial charge in [-0.2, -0.15) is 5.10 Å². The van der Waals surface area contributed by atoms with Crippen LogP contribution < -0.4 is 10.6 Å². The maximum absolute atomic E-state index is 11.1. The van der Waals surface area contributed by atoms with E-state index in [1.54, 1.807) is 4.68 Å². The number of carbonyl (C=O) groups excluding carboxylic acids is 1. The number of benzene rings is 1. The first-order valence-corrected chi connectivity index (χ1v) is 6.70.